The van der Waals surface area contributed by atoms with E-state index in [1.807, 2.05) is 60.1 Å². The second kappa shape index (κ2) is 5.77. The van der Waals surface area contributed by atoms with E-state index in [9.17, 15) is 0 Å². The molecule has 5 heteroatoms. The Labute approximate surface area is 139 Å². The fraction of sp³-hybridized carbons (Fsp3) is 0.105. The molecule has 0 bridgehead atoms. The maximum absolute atomic E-state index is 6.18. The van der Waals surface area contributed by atoms with E-state index in [1.165, 1.54) is 0 Å². The van der Waals surface area contributed by atoms with E-state index in [1.54, 1.807) is 0 Å². The number of rotatable bonds is 3. The van der Waals surface area contributed by atoms with Gasteiger partial charge in [0, 0.05) is 5.56 Å². The molecule has 24 heavy (non-hydrogen) atoms. The van der Waals surface area contributed by atoms with Gasteiger partial charge in [-0.15, -0.1) is 0 Å². The van der Waals surface area contributed by atoms with Gasteiger partial charge in [-0.3, -0.25) is 0 Å². The molecule has 4 rings (SSSR count). The largest absolute Gasteiger partial charge is 0.382 e. The van der Waals surface area contributed by atoms with Crippen molar-refractivity contribution in [3.05, 3.63) is 71.9 Å². The Morgan fingerprint density at radius 1 is 0.917 bits per heavy atom. The number of aryl methyl sites for hydroxylation is 1. The van der Waals surface area contributed by atoms with E-state index in [2.05, 4.69) is 22.2 Å². The van der Waals surface area contributed by atoms with Gasteiger partial charge in [-0.25, -0.2) is 14.6 Å². The van der Waals surface area contributed by atoms with Crippen LogP contribution in [0.5, 0.6) is 0 Å². The van der Waals surface area contributed by atoms with Gasteiger partial charge in [-0.05, 0) is 12.5 Å². The summed E-state index contributed by atoms with van der Waals surface area (Å²) >= 11 is 0. The topological polar surface area (TPSA) is 69.6 Å². The Morgan fingerprint density at radius 2 is 1.58 bits per heavy atom. The van der Waals surface area contributed by atoms with Crippen molar-refractivity contribution in [2.24, 2.45) is 0 Å². The quantitative estimate of drug-likeness (QED) is 0.629. The zero-order valence-corrected chi connectivity index (χ0v) is 13.3. The SMILES string of the molecule is Cc1nn(Cc2ccccc2)c2nc(N)c(-c3ccccc3)nc12. The highest BCUT2D eigenvalue weighted by Crippen LogP contribution is 2.26. The number of nitrogen functional groups attached to an aromatic ring is 1. The van der Waals surface area contributed by atoms with E-state index >= 15 is 0 Å². The molecule has 0 aliphatic carbocycles. The van der Waals surface area contributed by atoms with Gasteiger partial charge in [0.15, 0.2) is 11.5 Å². The number of benzene rings is 2. The average Bonchev–Trinajstić information content (AvgIpc) is 2.91. The molecule has 2 heterocycles. The van der Waals surface area contributed by atoms with Crippen LogP contribution in [-0.4, -0.2) is 19.7 Å². The van der Waals surface area contributed by atoms with E-state index in [0.29, 0.717) is 23.7 Å². The molecule has 0 saturated heterocycles. The predicted octanol–water partition coefficient (Wildman–Crippen LogP) is 3.43. The summed E-state index contributed by atoms with van der Waals surface area (Å²) in [6, 6.07) is 20.0. The van der Waals surface area contributed by atoms with Gasteiger partial charge in [0.05, 0.1) is 12.2 Å². The smallest absolute Gasteiger partial charge is 0.179 e. The molecule has 0 saturated carbocycles. The molecular weight excluding hydrogens is 298 g/mol. The van der Waals surface area contributed by atoms with Gasteiger partial charge in [0.1, 0.15) is 11.2 Å². The van der Waals surface area contributed by atoms with Crippen molar-refractivity contribution in [3.63, 3.8) is 0 Å². The number of fused-ring (bicyclic) bond motifs is 1. The molecular formula is C19H17N5. The first-order chi connectivity index (χ1) is 11.7. The molecule has 0 aliphatic heterocycles. The van der Waals surface area contributed by atoms with Gasteiger partial charge in [-0.2, -0.15) is 5.10 Å². The van der Waals surface area contributed by atoms with Crippen molar-refractivity contribution in [1.82, 2.24) is 19.7 Å². The van der Waals surface area contributed by atoms with Gasteiger partial charge >= 0.3 is 0 Å². The Bertz CT molecular complexity index is 991. The first kappa shape index (κ1) is 14.4. The molecule has 4 aromatic rings. The molecule has 2 N–H and O–H groups in total. The van der Waals surface area contributed by atoms with Crippen molar-refractivity contribution in [2.45, 2.75) is 13.5 Å². The van der Waals surface area contributed by atoms with Crippen molar-refractivity contribution in [1.29, 1.82) is 0 Å². The minimum atomic E-state index is 0.419. The highest BCUT2D eigenvalue weighted by atomic mass is 15.3. The minimum Gasteiger partial charge on any atom is -0.382 e. The molecule has 5 nitrogen and oxygen atoms in total. The van der Waals surface area contributed by atoms with E-state index < -0.39 is 0 Å². The maximum Gasteiger partial charge on any atom is 0.179 e. The zero-order chi connectivity index (χ0) is 16.5. The Hall–Kier alpha value is -3.21. The Morgan fingerprint density at radius 3 is 2.29 bits per heavy atom. The van der Waals surface area contributed by atoms with Crippen LogP contribution in [0.3, 0.4) is 0 Å². The number of hydrogen-bond acceptors (Lipinski definition) is 4. The molecule has 118 valence electrons. The summed E-state index contributed by atoms with van der Waals surface area (Å²) in [4.78, 5) is 9.32. The molecule has 0 fully saturated rings. The first-order valence-corrected chi connectivity index (χ1v) is 7.82. The van der Waals surface area contributed by atoms with Crippen LogP contribution in [0, 0.1) is 6.92 Å². The molecule has 0 unspecified atom stereocenters. The van der Waals surface area contributed by atoms with Crippen LogP contribution >= 0.6 is 0 Å². The highest BCUT2D eigenvalue weighted by molar-refractivity contribution is 5.82. The molecule has 0 spiro atoms. The van der Waals surface area contributed by atoms with Gasteiger partial charge < -0.3 is 5.73 Å². The molecule has 0 aliphatic rings. The summed E-state index contributed by atoms with van der Waals surface area (Å²) in [5.41, 5.74) is 11.4. The third kappa shape index (κ3) is 2.50. The lowest BCUT2D eigenvalue weighted by atomic mass is 10.1. The third-order valence-corrected chi connectivity index (χ3v) is 3.98. The normalized spacial score (nSPS) is 11.0. The number of hydrogen-bond donors (Lipinski definition) is 1. The Kier molecular flexibility index (Phi) is 3.46. The summed E-state index contributed by atoms with van der Waals surface area (Å²) in [6.45, 7) is 2.59. The first-order valence-electron chi connectivity index (χ1n) is 7.82. The van der Waals surface area contributed by atoms with Gasteiger partial charge in [-0.1, -0.05) is 60.7 Å². The standard InChI is InChI=1S/C19H17N5/c1-13-16-19(24(23-13)12-14-8-4-2-5-9-14)22-18(20)17(21-16)15-10-6-3-7-11-15/h2-11H,12H2,1H3,(H2,20,22). The van der Waals surface area contributed by atoms with Crippen molar-refractivity contribution < 1.29 is 0 Å². The summed E-state index contributed by atoms with van der Waals surface area (Å²) in [5, 5.41) is 4.60. The molecule has 0 atom stereocenters. The number of nitrogens with zero attached hydrogens (tertiary/aromatic N) is 4. The summed E-state index contributed by atoms with van der Waals surface area (Å²) in [7, 11) is 0. The van der Waals surface area contributed by atoms with Crippen LogP contribution in [0.4, 0.5) is 5.82 Å². The monoisotopic (exact) mass is 315 g/mol. The molecule has 2 aromatic carbocycles. The number of nitrogens with two attached hydrogens (primary N) is 1. The van der Waals surface area contributed by atoms with Crippen LogP contribution in [0.2, 0.25) is 0 Å². The lowest BCUT2D eigenvalue weighted by Gasteiger charge is -2.06. The summed E-state index contributed by atoms with van der Waals surface area (Å²) in [5.74, 6) is 0.419. The average molecular weight is 315 g/mol. The van der Waals surface area contributed by atoms with E-state index in [0.717, 1.165) is 22.3 Å². The Balaban J connectivity index is 1.83. The van der Waals surface area contributed by atoms with Crippen LogP contribution in [0.1, 0.15) is 11.3 Å². The van der Waals surface area contributed by atoms with Crippen molar-refractivity contribution in [3.8, 4) is 11.3 Å². The van der Waals surface area contributed by atoms with E-state index in [-0.39, 0.29) is 0 Å². The lowest BCUT2D eigenvalue weighted by molar-refractivity contribution is 0.696. The van der Waals surface area contributed by atoms with Crippen molar-refractivity contribution in [2.75, 3.05) is 5.73 Å². The lowest BCUT2D eigenvalue weighted by Crippen LogP contribution is -2.05. The van der Waals surface area contributed by atoms with Crippen LogP contribution in [-0.2, 0) is 6.54 Å². The van der Waals surface area contributed by atoms with Crippen LogP contribution in [0.15, 0.2) is 60.7 Å². The summed E-state index contributed by atoms with van der Waals surface area (Å²) < 4.78 is 1.86. The zero-order valence-electron chi connectivity index (χ0n) is 13.3. The third-order valence-electron chi connectivity index (χ3n) is 3.98. The second-order valence-electron chi connectivity index (χ2n) is 5.72. The fourth-order valence-electron chi connectivity index (χ4n) is 2.81. The number of anilines is 1. The minimum absolute atomic E-state index is 0.419. The highest BCUT2D eigenvalue weighted by Gasteiger charge is 2.15. The molecule has 0 radical (unpaired) electrons. The van der Waals surface area contributed by atoms with Gasteiger partial charge in [0.25, 0.3) is 0 Å². The van der Waals surface area contributed by atoms with E-state index in [4.69, 9.17) is 10.7 Å². The molecule has 2 aromatic heterocycles. The maximum atomic E-state index is 6.18. The number of aromatic nitrogens is 4. The predicted molar refractivity (Wildman–Crippen MR) is 95.5 cm³/mol. The second-order valence-corrected chi connectivity index (χ2v) is 5.72. The van der Waals surface area contributed by atoms with Gasteiger partial charge in [0.2, 0.25) is 0 Å². The summed E-state index contributed by atoms with van der Waals surface area (Å²) in [6.07, 6.45) is 0. The van der Waals surface area contributed by atoms with Crippen LogP contribution < -0.4 is 5.73 Å². The van der Waals surface area contributed by atoms with Crippen LogP contribution in [0.25, 0.3) is 22.4 Å². The van der Waals surface area contributed by atoms with Crippen molar-refractivity contribution >= 4 is 17.0 Å². The molecule has 0 amide bonds. The fourth-order valence-corrected chi connectivity index (χ4v) is 2.81.